The fourth-order valence-electron chi connectivity index (χ4n) is 3.96. The summed E-state index contributed by atoms with van der Waals surface area (Å²) >= 11 is 0. The Labute approximate surface area is 184 Å². The Kier molecular flexibility index (Phi) is 6.00. The molecule has 0 bridgehead atoms. The van der Waals surface area contributed by atoms with Crippen LogP contribution in [0.2, 0.25) is 0 Å². The van der Waals surface area contributed by atoms with Crippen molar-refractivity contribution in [1.29, 1.82) is 0 Å². The highest BCUT2D eigenvalue weighted by atomic mass is 16.3. The largest absolute Gasteiger partial charge is 0.391 e. The van der Waals surface area contributed by atoms with Gasteiger partial charge in [-0.25, -0.2) is 9.97 Å². The number of β-amino-alcohol motifs (C(OH)–C–C–N with tert-alkyl or cyclic N) is 1. The molecule has 2 aliphatic heterocycles. The van der Waals surface area contributed by atoms with Gasteiger partial charge in [0, 0.05) is 62.5 Å². The number of anilines is 1. The van der Waals surface area contributed by atoms with E-state index in [-0.39, 0.29) is 12.1 Å². The fraction of sp³-hybridized carbons (Fsp3) is 0.320. The van der Waals surface area contributed by atoms with Crippen molar-refractivity contribution in [2.75, 3.05) is 32.1 Å². The van der Waals surface area contributed by atoms with Crippen molar-refractivity contribution in [3.63, 3.8) is 0 Å². The number of benzene rings is 1. The summed E-state index contributed by atoms with van der Waals surface area (Å²) in [4.78, 5) is 18.3. The summed E-state index contributed by atoms with van der Waals surface area (Å²) in [6, 6.07) is 8.35. The van der Waals surface area contributed by atoms with Gasteiger partial charge >= 0.3 is 0 Å². The zero-order valence-corrected chi connectivity index (χ0v) is 18.4. The normalized spacial score (nSPS) is 20.8. The highest BCUT2D eigenvalue weighted by molar-refractivity contribution is 6.13. The minimum absolute atomic E-state index is 0.157. The van der Waals surface area contributed by atoms with Crippen molar-refractivity contribution in [1.82, 2.24) is 14.9 Å². The van der Waals surface area contributed by atoms with Crippen LogP contribution in [0.3, 0.4) is 0 Å². The maximum Gasteiger partial charge on any atom is 0.161 e. The van der Waals surface area contributed by atoms with Crippen LogP contribution in [0, 0.1) is 0 Å². The zero-order chi connectivity index (χ0) is 22.0. The molecule has 160 valence electrons. The third-order valence-electron chi connectivity index (χ3n) is 5.48. The van der Waals surface area contributed by atoms with Crippen LogP contribution in [0.5, 0.6) is 0 Å². The molecule has 1 aromatic heterocycles. The van der Waals surface area contributed by atoms with Crippen molar-refractivity contribution in [3.8, 4) is 11.4 Å². The second-order valence-electron chi connectivity index (χ2n) is 8.29. The van der Waals surface area contributed by atoms with Crippen LogP contribution >= 0.6 is 0 Å². The molecule has 2 atom stereocenters. The second-order valence-corrected chi connectivity index (χ2v) is 8.29. The van der Waals surface area contributed by atoms with Crippen molar-refractivity contribution in [2.24, 2.45) is 4.99 Å². The van der Waals surface area contributed by atoms with Gasteiger partial charge in [0.2, 0.25) is 0 Å². The van der Waals surface area contributed by atoms with Gasteiger partial charge in [-0.05, 0) is 30.5 Å². The summed E-state index contributed by atoms with van der Waals surface area (Å²) in [6.45, 7) is 7.36. The number of hydrogen-bond acceptors (Lipinski definition) is 6. The average molecular weight is 416 g/mol. The van der Waals surface area contributed by atoms with E-state index in [4.69, 9.17) is 9.97 Å². The number of allylic oxidation sites excluding steroid dienone is 3. The topological polar surface area (TPSA) is 64.9 Å². The lowest BCUT2D eigenvalue weighted by molar-refractivity contribution is 0.198. The van der Waals surface area contributed by atoms with Gasteiger partial charge in [-0.1, -0.05) is 36.9 Å². The van der Waals surface area contributed by atoms with Gasteiger partial charge in [0.05, 0.1) is 12.1 Å². The standard InChI is InChI=1S/C25H29N5O/c1-5-18(15-29(3)4)19-7-6-8-20(12-19)24-27-14-23(21-11-17(2)26-13-21)25(28-24)30-10-9-22(31)16-30/h5-8,11-15,17,22,31H,1,9-10,16H2,2-4H3/b18-15+. The smallest absolute Gasteiger partial charge is 0.161 e. The highest BCUT2D eigenvalue weighted by Crippen LogP contribution is 2.32. The summed E-state index contributed by atoms with van der Waals surface area (Å²) in [7, 11) is 3.99. The van der Waals surface area contributed by atoms with E-state index < -0.39 is 0 Å². The molecule has 0 saturated carbocycles. The molecule has 3 heterocycles. The van der Waals surface area contributed by atoms with Crippen LogP contribution in [0.1, 0.15) is 24.5 Å². The highest BCUT2D eigenvalue weighted by Gasteiger charge is 2.26. The van der Waals surface area contributed by atoms with Gasteiger partial charge in [0.15, 0.2) is 5.82 Å². The van der Waals surface area contributed by atoms with E-state index in [0.29, 0.717) is 12.4 Å². The fourth-order valence-corrected chi connectivity index (χ4v) is 3.96. The van der Waals surface area contributed by atoms with Gasteiger partial charge in [0.1, 0.15) is 5.82 Å². The van der Waals surface area contributed by atoms with Crippen LogP contribution in [0.4, 0.5) is 5.82 Å². The lowest BCUT2D eigenvalue weighted by Crippen LogP contribution is -2.24. The van der Waals surface area contributed by atoms with Crippen molar-refractivity contribution in [3.05, 3.63) is 66.5 Å². The molecule has 2 aromatic rings. The quantitative estimate of drug-likeness (QED) is 0.730. The number of aromatic nitrogens is 2. The third kappa shape index (κ3) is 4.59. The van der Waals surface area contributed by atoms with E-state index in [1.807, 2.05) is 55.8 Å². The first-order valence-corrected chi connectivity index (χ1v) is 10.6. The summed E-state index contributed by atoms with van der Waals surface area (Å²) in [5.41, 5.74) is 5.03. The zero-order valence-electron chi connectivity index (χ0n) is 18.4. The Morgan fingerprint density at radius 3 is 2.81 bits per heavy atom. The molecule has 1 fully saturated rings. The van der Waals surface area contributed by atoms with Crippen LogP contribution in [-0.4, -0.2) is 65.5 Å². The molecule has 0 aliphatic carbocycles. The second kappa shape index (κ2) is 8.86. The molecule has 0 radical (unpaired) electrons. The SMILES string of the molecule is C=C/C(=C\N(C)C)c1cccc(-c2ncc(C3=CC(C)N=C3)c(N3CCC(O)C3)n2)c1. The average Bonchev–Trinajstić information content (AvgIpc) is 3.39. The Balaban J connectivity index is 1.76. The van der Waals surface area contributed by atoms with Crippen molar-refractivity contribution < 1.29 is 5.11 Å². The maximum absolute atomic E-state index is 10.1. The number of rotatable bonds is 6. The molecule has 6 nitrogen and oxygen atoms in total. The van der Waals surface area contributed by atoms with E-state index >= 15 is 0 Å². The Morgan fingerprint density at radius 1 is 1.32 bits per heavy atom. The first-order valence-electron chi connectivity index (χ1n) is 10.6. The minimum atomic E-state index is -0.328. The van der Waals surface area contributed by atoms with Crippen LogP contribution in [0.15, 0.2) is 60.4 Å². The molecule has 0 amide bonds. The van der Waals surface area contributed by atoms with Crippen molar-refractivity contribution >= 4 is 23.2 Å². The van der Waals surface area contributed by atoms with Crippen LogP contribution in [0.25, 0.3) is 22.5 Å². The third-order valence-corrected chi connectivity index (χ3v) is 5.48. The number of aliphatic hydroxyl groups excluding tert-OH is 1. The molecule has 1 N–H and O–H groups in total. The molecular formula is C25H29N5O. The summed E-state index contributed by atoms with van der Waals surface area (Å²) < 4.78 is 0. The molecule has 6 heteroatoms. The van der Waals surface area contributed by atoms with E-state index in [0.717, 1.165) is 46.6 Å². The molecule has 2 unspecified atom stereocenters. The summed E-state index contributed by atoms with van der Waals surface area (Å²) in [5, 5.41) is 10.1. The van der Waals surface area contributed by atoms with Crippen LogP contribution < -0.4 is 4.90 Å². The monoisotopic (exact) mass is 415 g/mol. The van der Waals surface area contributed by atoms with Crippen molar-refractivity contribution in [2.45, 2.75) is 25.5 Å². The minimum Gasteiger partial charge on any atom is -0.391 e. The predicted molar refractivity (Wildman–Crippen MR) is 128 cm³/mol. The van der Waals surface area contributed by atoms with Gasteiger partial charge in [0.25, 0.3) is 0 Å². The van der Waals surface area contributed by atoms with Gasteiger partial charge in [-0.15, -0.1) is 0 Å². The number of hydrogen-bond donors (Lipinski definition) is 1. The van der Waals surface area contributed by atoms with Gasteiger partial charge < -0.3 is 14.9 Å². The number of aliphatic imine (C=N–C) groups is 1. The lowest BCUT2D eigenvalue weighted by Gasteiger charge is -2.21. The molecule has 1 aromatic carbocycles. The Bertz CT molecular complexity index is 1070. The van der Waals surface area contributed by atoms with Gasteiger partial charge in [-0.3, -0.25) is 4.99 Å². The van der Waals surface area contributed by atoms with E-state index in [1.54, 1.807) is 0 Å². The maximum atomic E-state index is 10.1. The first kappa shape index (κ1) is 21.0. The lowest BCUT2D eigenvalue weighted by atomic mass is 10.0. The Morgan fingerprint density at radius 2 is 2.16 bits per heavy atom. The predicted octanol–water partition coefficient (Wildman–Crippen LogP) is 3.66. The molecule has 2 aliphatic rings. The van der Waals surface area contributed by atoms with E-state index in [2.05, 4.69) is 41.6 Å². The van der Waals surface area contributed by atoms with E-state index in [9.17, 15) is 5.11 Å². The molecule has 4 rings (SSSR count). The molecular weight excluding hydrogens is 386 g/mol. The number of nitrogens with zero attached hydrogens (tertiary/aromatic N) is 5. The first-order chi connectivity index (χ1) is 14.9. The molecule has 31 heavy (non-hydrogen) atoms. The van der Waals surface area contributed by atoms with Gasteiger partial charge in [-0.2, -0.15) is 0 Å². The Hall–Kier alpha value is -3.25. The van der Waals surface area contributed by atoms with E-state index in [1.165, 1.54) is 0 Å². The number of aliphatic hydroxyl groups is 1. The van der Waals surface area contributed by atoms with Crippen LogP contribution in [-0.2, 0) is 0 Å². The molecule has 0 spiro atoms. The summed E-state index contributed by atoms with van der Waals surface area (Å²) in [6.07, 6.45) is 10.2. The summed E-state index contributed by atoms with van der Waals surface area (Å²) in [5.74, 6) is 1.52. The molecule has 1 saturated heterocycles.